The van der Waals surface area contributed by atoms with Gasteiger partial charge in [-0.2, -0.15) is 5.10 Å². The minimum absolute atomic E-state index is 0.109. The number of nitrogens with one attached hydrogen (secondary N) is 2. The molecule has 0 saturated heterocycles. The first-order chi connectivity index (χ1) is 12.7. The van der Waals surface area contributed by atoms with Gasteiger partial charge in [-0.25, -0.2) is 10.4 Å². The van der Waals surface area contributed by atoms with E-state index < -0.39 is 0 Å². The van der Waals surface area contributed by atoms with Crippen LogP contribution in [0.4, 0.5) is 0 Å². The summed E-state index contributed by atoms with van der Waals surface area (Å²) >= 11 is 0. The fourth-order valence-corrected chi connectivity index (χ4v) is 2.47. The van der Waals surface area contributed by atoms with Crippen molar-refractivity contribution in [3.05, 3.63) is 70.1 Å². The number of aromatic amines is 1. The van der Waals surface area contributed by atoms with Crippen LogP contribution >= 0.6 is 0 Å². The molecule has 0 saturated carbocycles. The zero-order valence-electron chi connectivity index (χ0n) is 14.2. The van der Waals surface area contributed by atoms with Crippen molar-refractivity contribution < 1.29 is 9.53 Å². The van der Waals surface area contributed by atoms with E-state index in [0.29, 0.717) is 22.5 Å². The second kappa shape index (κ2) is 8.06. The first-order valence-corrected chi connectivity index (χ1v) is 8.10. The highest BCUT2D eigenvalue weighted by Gasteiger charge is 2.08. The van der Waals surface area contributed by atoms with Gasteiger partial charge in [0, 0.05) is 18.4 Å². The number of aromatic nitrogens is 2. The molecule has 1 aromatic heterocycles. The maximum Gasteiger partial charge on any atom is 0.270 e. The lowest BCUT2D eigenvalue weighted by atomic mass is 10.2. The lowest BCUT2D eigenvalue weighted by Gasteiger charge is -2.04. The van der Waals surface area contributed by atoms with E-state index in [1.807, 2.05) is 36.4 Å². The lowest BCUT2D eigenvalue weighted by molar-refractivity contribution is -0.121. The van der Waals surface area contributed by atoms with Gasteiger partial charge in [-0.05, 0) is 24.3 Å². The Morgan fingerprint density at radius 2 is 2.00 bits per heavy atom. The molecule has 1 heterocycles. The normalized spacial score (nSPS) is 11.0. The monoisotopic (exact) mass is 350 g/mol. The van der Waals surface area contributed by atoms with Gasteiger partial charge in [0.1, 0.15) is 11.4 Å². The molecule has 0 aliphatic heterocycles. The molecule has 7 nitrogen and oxygen atoms in total. The maximum absolute atomic E-state index is 12.0. The van der Waals surface area contributed by atoms with Crippen molar-refractivity contribution in [3.63, 3.8) is 0 Å². The summed E-state index contributed by atoms with van der Waals surface area (Å²) in [4.78, 5) is 31.0. The molecule has 3 aromatic rings. The Morgan fingerprint density at radius 1 is 1.23 bits per heavy atom. The molecular formula is C19H18N4O3. The van der Waals surface area contributed by atoms with Gasteiger partial charge in [0.15, 0.2) is 0 Å². The number of rotatable bonds is 6. The van der Waals surface area contributed by atoms with E-state index in [1.54, 1.807) is 19.2 Å². The summed E-state index contributed by atoms with van der Waals surface area (Å²) in [7, 11) is 1.57. The molecule has 0 bridgehead atoms. The zero-order valence-corrected chi connectivity index (χ0v) is 14.2. The molecule has 2 aromatic carbocycles. The molecule has 0 radical (unpaired) electrons. The molecule has 26 heavy (non-hydrogen) atoms. The van der Waals surface area contributed by atoms with E-state index in [2.05, 4.69) is 20.5 Å². The Bertz CT molecular complexity index is 1010. The van der Waals surface area contributed by atoms with Crippen LogP contribution in [0.15, 0.2) is 58.4 Å². The van der Waals surface area contributed by atoms with E-state index in [4.69, 9.17) is 4.74 Å². The number of hydrogen-bond donors (Lipinski definition) is 2. The molecule has 0 spiro atoms. The summed E-state index contributed by atoms with van der Waals surface area (Å²) in [5.74, 6) is 0.364. The fourth-order valence-electron chi connectivity index (χ4n) is 2.47. The van der Waals surface area contributed by atoms with Gasteiger partial charge in [0.25, 0.3) is 5.56 Å². The molecule has 2 N–H and O–H groups in total. The number of amides is 1. The average molecular weight is 350 g/mol. The highest BCUT2D eigenvalue weighted by atomic mass is 16.5. The minimum Gasteiger partial charge on any atom is -0.496 e. The van der Waals surface area contributed by atoms with Crippen molar-refractivity contribution in [1.29, 1.82) is 0 Å². The van der Waals surface area contributed by atoms with Crippen LogP contribution in [0.3, 0.4) is 0 Å². The van der Waals surface area contributed by atoms with E-state index in [1.165, 1.54) is 6.21 Å². The van der Waals surface area contributed by atoms with Crippen molar-refractivity contribution in [2.75, 3.05) is 7.11 Å². The number of nitrogens with zero attached hydrogens (tertiary/aromatic N) is 2. The Labute approximate surface area is 149 Å². The largest absolute Gasteiger partial charge is 0.496 e. The van der Waals surface area contributed by atoms with Crippen LogP contribution in [0.5, 0.6) is 5.75 Å². The number of H-pyrrole nitrogens is 1. The van der Waals surface area contributed by atoms with Gasteiger partial charge in [-0.3, -0.25) is 9.59 Å². The van der Waals surface area contributed by atoms with E-state index >= 15 is 0 Å². The number of aryl methyl sites for hydroxylation is 1. The lowest BCUT2D eigenvalue weighted by Crippen LogP contribution is -2.21. The molecule has 0 fully saturated rings. The number of para-hydroxylation sites is 3. The predicted octanol–water partition coefficient (Wildman–Crippen LogP) is 2.01. The maximum atomic E-state index is 12.0. The zero-order chi connectivity index (χ0) is 18.4. The van der Waals surface area contributed by atoms with Gasteiger partial charge in [-0.1, -0.05) is 24.3 Å². The van der Waals surface area contributed by atoms with Crippen molar-refractivity contribution in [3.8, 4) is 5.75 Å². The predicted molar refractivity (Wildman–Crippen MR) is 99.4 cm³/mol. The molecule has 132 valence electrons. The molecular weight excluding hydrogens is 332 g/mol. The van der Waals surface area contributed by atoms with Crippen LogP contribution < -0.4 is 15.7 Å². The SMILES string of the molecule is COc1ccccc1/C=N/NC(=O)CCc1nc2ccccc2[nH]c1=O. The number of methoxy groups -OCH3 is 1. The summed E-state index contributed by atoms with van der Waals surface area (Å²) in [6.07, 6.45) is 1.85. The van der Waals surface area contributed by atoms with Crippen molar-refractivity contribution >= 4 is 23.2 Å². The Kier molecular flexibility index (Phi) is 5.38. The summed E-state index contributed by atoms with van der Waals surface area (Å²) in [5.41, 5.74) is 4.60. The highest BCUT2D eigenvalue weighted by molar-refractivity contribution is 5.85. The van der Waals surface area contributed by atoms with Gasteiger partial charge in [-0.15, -0.1) is 0 Å². The Balaban J connectivity index is 1.60. The number of hydrazone groups is 1. The molecule has 0 atom stereocenters. The number of carbonyl (C=O) groups is 1. The first-order valence-electron chi connectivity index (χ1n) is 8.10. The van der Waals surface area contributed by atoms with E-state index in [0.717, 1.165) is 5.56 Å². The second-order valence-corrected chi connectivity index (χ2v) is 5.56. The third kappa shape index (κ3) is 4.13. The fraction of sp³-hybridized carbons (Fsp3) is 0.158. The number of ether oxygens (including phenoxy) is 1. The van der Waals surface area contributed by atoms with E-state index in [-0.39, 0.29) is 24.3 Å². The van der Waals surface area contributed by atoms with Gasteiger partial charge in [0.05, 0.1) is 24.4 Å². The number of benzene rings is 2. The van der Waals surface area contributed by atoms with Crippen LogP contribution in [0, 0.1) is 0 Å². The van der Waals surface area contributed by atoms with Crippen LogP contribution in [0.2, 0.25) is 0 Å². The molecule has 3 rings (SSSR count). The molecule has 0 unspecified atom stereocenters. The first kappa shape index (κ1) is 17.3. The van der Waals surface area contributed by atoms with Gasteiger partial charge in [0.2, 0.25) is 5.91 Å². The Morgan fingerprint density at radius 3 is 2.85 bits per heavy atom. The minimum atomic E-state index is -0.300. The molecule has 0 aliphatic rings. The highest BCUT2D eigenvalue weighted by Crippen LogP contribution is 2.14. The topological polar surface area (TPSA) is 96.4 Å². The van der Waals surface area contributed by atoms with Gasteiger partial charge < -0.3 is 9.72 Å². The summed E-state index contributed by atoms with van der Waals surface area (Å²) in [5, 5.41) is 3.92. The summed E-state index contributed by atoms with van der Waals surface area (Å²) in [6, 6.07) is 14.6. The summed E-state index contributed by atoms with van der Waals surface area (Å²) in [6.45, 7) is 0. The summed E-state index contributed by atoms with van der Waals surface area (Å²) < 4.78 is 5.21. The van der Waals surface area contributed by atoms with Crippen LogP contribution in [-0.2, 0) is 11.2 Å². The smallest absolute Gasteiger partial charge is 0.270 e. The standard InChI is InChI=1S/C19H18N4O3/c1-26-17-9-5-2-6-13(17)12-20-23-18(24)11-10-16-19(25)22-15-8-4-3-7-14(15)21-16/h2-9,12H,10-11H2,1H3,(H,22,25)(H,23,24)/b20-12+. The average Bonchev–Trinajstić information content (AvgIpc) is 2.66. The van der Waals surface area contributed by atoms with Crippen LogP contribution in [-0.4, -0.2) is 29.2 Å². The Hall–Kier alpha value is -3.48. The van der Waals surface area contributed by atoms with E-state index in [9.17, 15) is 9.59 Å². The third-order valence-corrected chi connectivity index (χ3v) is 3.79. The van der Waals surface area contributed by atoms with Gasteiger partial charge >= 0.3 is 0 Å². The van der Waals surface area contributed by atoms with Crippen LogP contribution in [0.1, 0.15) is 17.7 Å². The molecule has 1 amide bonds. The second-order valence-electron chi connectivity index (χ2n) is 5.56. The van der Waals surface area contributed by atoms with Crippen molar-refractivity contribution in [2.24, 2.45) is 5.10 Å². The molecule has 7 heteroatoms. The molecule has 0 aliphatic carbocycles. The third-order valence-electron chi connectivity index (χ3n) is 3.79. The number of hydrogen-bond acceptors (Lipinski definition) is 5. The van der Waals surface area contributed by atoms with Crippen molar-refractivity contribution in [1.82, 2.24) is 15.4 Å². The van der Waals surface area contributed by atoms with Crippen LogP contribution in [0.25, 0.3) is 11.0 Å². The quantitative estimate of drug-likeness (QED) is 0.525. The van der Waals surface area contributed by atoms with Crippen molar-refractivity contribution in [2.45, 2.75) is 12.8 Å². The number of carbonyl (C=O) groups excluding carboxylic acids is 1. The number of fused-ring (bicyclic) bond motifs is 1.